The Bertz CT molecular complexity index is 585. The van der Waals surface area contributed by atoms with Gasteiger partial charge in [0.1, 0.15) is 0 Å². The first-order valence-electron chi connectivity index (χ1n) is 6.47. The minimum absolute atomic E-state index is 0.212. The van der Waals surface area contributed by atoms with E-state index >= 15 is 0 Å². The zero-order valence-electron chi connectivity index (χ0n) is 10.3. The fraction of sp³-hybridized carbons (Fsp3) is 0.615. The van der Waals surface area contributed by atoms with Gasteiger partial charge in [0.15, 0.2) is 15.6 Å². The molecule has 18 heavy (non-hydrogen) atoms. The number of ketones is 1. The van der Waals surface area contributed by atoms with Gasteiger partial charge in [-0.1, -0.05) is 0 Å². The van der Waals surface area contributed by atoms with Gasteiger partial charge in [-0.3, -0.25) is 4.79 Å². The summed E-state index contributed by atoms with van der Waals surface area (Å²) in [7, 11) is -2.81. The lowest BCUT2D eigenvalue weighted by Gasteiger charge is -2.17. The summed E-state index contributed by atoms with van der Waals surface area (Å²) in [6.07, 6.45) is 5.20. The summed E-state index contributed by atoms with van der Waals surface area (Å²) in [6.45, 7) is 0.738. The molecule has 2 heterocycles. The second-order valence-electron chi connectivity index (χ2n) is 5.37. The van der Waals surface area contributed by atoms with Gasteiger partial charge in [0.25, 0.3) is 0 Å². The molecule has 0 spiro atoms. The molecule has 1 aromatic heterocycles. The lowest BCUT2D eigenvalue weighted by Crippen LogP contribution is -2.17. The molecule has 0 bridgehead atoms. The third-order valence-corrected chi connectivity index (χ3v) is 5.82. The molecule has 0 radical (unpaired) electrons. The van der Waals surface area contributed by atoms with Gasteiger partial charge >= 0.3 is 0 Å². The van der Waals surface area contributed by atoms with E-state index in [1.807, 2.05) is 12.3 Å². The van der Waals surface area contributed by atoms with Crippen LogP contribution in [0.25, 0.3) is 0 Å². The van der Waals surface area contributed by atoms with Crippen LogP contribution in [0.5, 0.6) is 0 Å². The summed E-state index contributed by atoms with van der Waals surface area (Å²) in [4.78, 5) is 11.7. The van der Waals surface area contributed by atoms with Crippen molar-refractivity contribution in [2.24, 2.45) is 5.92 Å². The van der Waals surface area contributed by atoms with Crippen LogP contribution in [0, 0.1) is 5.92 Å². The maximum absolute atomic E-state index is 11.7. The molecule has 1 atom stereocenters. The SMILES string of the molecule is O=C1CCCc2c1ccn2CC1CCS(=O)(=O)C1. The van der Waals surface area contributed by atoms with Gasteiger partial charge in [-0.05, 0) is 31.2 Å². The number of rotatable bonds is 2. The number of sulfone groups is 1. The second kappa shape index (κ2) is 4.23. The number of carbonyl (C=O) groups is 1. The van der Waals surface area contributed by atoms with Crippen LogP contribution in [0.2, 0.25) is 0 Å². The summed E-state index contributed by atoms with van der Waals surface area (Å²) in [5.74, 6) is 1.06. The second-order valence-corrected chi connectivity index (χ2v) is 7.60. The zero-order chi connectivity index (χ0) is 12.8. The number of fused-ring (bicyclic) bond motifs is 1. The maximum Gasteiger partial charge on any atom is 0.164 e. The molecule has 1 aliphatic heterocycles. The molecule has 0 amide bonds. The highest BCUT2D eigenvalue weighted by molar-refractivity contribution is 7.91. The molecule has 1 saturated heterocycles. The van der Waals surface area contributed by atoms with Crippen molar-refractivity contribution in [3.63, 3.8) is 0 Å². The first-order chi connectivity index (χ1) is 8.55. The molecular weight excluding hydrogens is 250 g/mol. The predicted molar refractivity (Wildman–Crippen MR) is 68.5 cm³/mol. The molecule has 2 aliphatic rings. The Kier molecular flexibility index (Phi) is 2.81. The Hall–Kier alpha value is -1.10. The third-order valence-electron chi connectivity index (χ3n) is 3.98. The first kappa shape index (κ1) is 12.0. The summed E-state index contributed by atoms with van der Waals surface area (Å²) in [5, 5.41) is 0. The molecule has 1 aromatic rings. The number of hydrogen-bond acceptors (Lipinski definition) is 3. The van der Waals surface area contributed by atoms with Gasteiger partial charge in [0.05, 0.1) is 11.5 Å². The van der Waals surface area contributed by atoms with E-state index in [2.05, 4.69) is 4.57 Å². The molecule has 98 valence electrons. The van der Waals surface area contributed by atoms with E-state index in [1.165, 1.54) is 0 Å². The number of aromatic nitrogens is 1. The number of carbonyl (C=O) groups excluding carboxylic acids is 1. The highest BCUT2D eigenvalue weighted by Crippen LogP contribution is 2.26. The van der Waals surface area contributed by atoms with Crippen molar-refractivity contribution in [1.29, 1.82) is 0 Å². The lowest BCUT2D eigenvalue weighted by atomic mass is 9.96. The Morgan fingerprint density at radius 1 is 1.33 bits per heavy atom. The predicted octanol–water partition coefficient (Wildman–Crippen LogP) is 1.44. The van der Waals surface area contributed by atoms with Gasteiger partial charge < -0.3 is 4.57 Å². The topological polar surface area (TPSA) is 56.1 Å². The Morgan fingerprint density at radius 3 is 2.89 bits per heavy atom. The smallest absolute Gasteiger partial charge is 0.164 e. The molecule has 1 aliphatic carbocycles. The number of hydrogen-bond donors (Lipinski definition) is 0. The van der Waals surface area contributed by atoms with Crippen molar-refractivity contribution in [1.82, 2.24) is 4.57 Å². The summed E-state index contributed by atoms with van der Waals surface area (Å²) in [5.41, 5.74) is 1.96. The van der Waals surface area contributed by atoms with Gasteiger partial charge in [-0.15, -0.1) is 0 Å². The van der Waals surface area contributed by atoms with Gasteiger partial charge in [0.2, 0.25) is 0 Å². The average Bonchev–Trinajstić information content (AvgIpc) is 2.85. The molecule has 4 nitrogen and oxygen atoms in total. The van der Waals surface area contributed by atoms with Gasteiger partial charge in [-0.2, -0.15) is 0 Å². The maximum atomic E-state index is 11.7. The van der Waals surface area contributed by atoms with Crippen LogP contribution >= 0.6 is 0 Å². The molecule has 0 aromatic carbocycles. The van der Waals surface area contributed by atoms with Gasteiger partial charge in [-0.25, -0.2) is 8.42 Å². The Balaban J connectivity index is 1.80. The highest BCUT2D eigenvalue weighted by atomic mass is 32.2. The lowest BCUT2D eigenvalue weighted by molar-refractivity contribution is 0.0971. The molecule has 0 saturated carbocycles. The van der Waals surface area contributed by atoms with Crippen LogP contribution in [-0.2, 0) is 22.8 Å². The largest absolute Gasteiger partial charge is 0.350 e. The van der Waals surface area contributed by atoms with Crippen molar-refractivity contribution in [3.05, 3.63) is 23.5 Å². The highest BCUT2D eigenvalue weighted by Gasteiger charge is 2.29. The van der Waals surface area contributed by atoms with Crippen molar-refractivity contribution < 1.29 is 13.2 Å². The van der Waals surface area contributed by atoms with Crippen LogP contribution in [0.3, 0.4) is 0 Å². The van der Waals surface area contributed by atoms with E-state index in [4.69, 9.17) is 0 Å². The van der Waals surface area contributed by atoms with Crippen LogP contribution < -0.4 is 0 Å². The molecule has 1 fully saturated rings. The van der Waals surface area contributed by atoms with Crippen LogP contribution in [0.1, 0.15) is 35.3 Å². The summed E-state index contributed by atoms with van der Waals surface area (Å²) < 4.78 is 25.0. The van der Waals surface area contributed by atoms with Crippen molar-refractivity contribution in [2.45, 2.75) is 32.2 Å². The van der Waals surface area contributed by atoms with Crippen molar-refractivity contribution >= 4 is 15.6 Å². The molecule has 0 N–H and O–H groups in total. The monoisotopic (exact) mass is 267 g/mol. The minimum atomic E-state index is -2.81. The van der Waals surface area contributed by atoms with E-state index in [-0.39, 0.29) is 11.7 Å². The average molecular weight is 267 g/mol. The quantitative estimate of drug-likeness (QED) is 0.814. The third kappa shape index (κ3) is 2.11. The van der Waals surface area contributed by atoms with Gasteiger partial charge in [0, 0.05) is 30.4 Å². The Labute approximate surface area is 107 Å². The van der Waals surface area contributed by atoms with E-state index in [1.54, 1.807) is 0 Å². The van der Waals surface area contributed by atoms with E-state index in [9.17, 15) is 13.2 Å². The molecule has 3 rings (SSSR count). The van der Waals surface area contributed by atoms with E-state index < -0.39 is 9.84 Å². The summed E-state index contributed by atoms with van der Waals surface area (Å²) in [6, 6.07) is 1.89. The van der Waals surface area contributed by atoms with Crippen LogP contribution in [0.15, 0.2) is 12.3 Å². The number of nitrogens with zero attached hydrogens (tertiary/aromatic N) is 1. The van der Waals surface area contributed by atoms with Crippen molar-refractivity contribution in [2.75, 3.05) is 11.5 Å². The fourth-order valence-corrected chi connectivity index (χ4v) is 4.90. The first-order valence-corrected chi connectivity index (χ1v) is 8.29. The van der Waals surface area contributed by atoms with Crippen LogP contribution in [0.4, 0.5) is 0 Å². The number of Topliss-reactive ketones (excluding diaryl/α,β-unsaturated/α-hetero) is 1. The summed E-state index contributed by atoms with van der Waals surface area (Å²) >= 11 is 0. The molecular formula is C13H17NO3S. The molecule has 5 heteroatoms. The molecule has 1 unspecified atom stereocenters. The minimum Gasteiger partial charge on any atom is -0.350 e. The normalized spacial score (nSPS) is 26.2. The standard InChI is InChI=1S/C13H17NO3S/c15-13-3-1-2-12-11(13)4-6-14(12)8-10-5-7-18(16,17)9-10/h4,6,10H,1-3,5,7-9H2. The van der Waals surface area contributed by atoms with Crippen LogP contribution in [-0.4, -0.2) is 30.3 Å². The fourth-order valence-electron chi connectivity index (χ4n) is 3.05. The van der Waals surface area contributed by atoms with E-state index in [0.29, 0.717) is 17.9 Å². The van der Waals surface area contributed by atoms with E-state index in [0.717, 1.165) is 37.1 Å². The van der Waals surface area contributed by atoms with Crippen molar-refractivity contribution in [3.8, 4) is 0 Å². The Morgan fingerprint density at radius 2 is 2.17 bits per heavy atom. The zero-order valence-corrected chi connectivity index (χ0v) is 11.1.